The molecule has 0 saturated heterocycles. The molecule has 2 fully saturated rings. The number of carbonyl (C=O) groups excluding carboxylic acids is 1. The highest BCUT2D eigenvalue weighted by Crippen LogP contribution is 2.49. The van der Waals surface area contributed by atoms with Gasteiger partial charge in [0.15, 0.2) is 0 Å². The largest absolute Gasteiger partial charge is 0.299 e. The Balaban J connectivity index is 1.74. The first-order valence-corrected chi connectivity index (χ1v) is 7.24. The van der Waals surface area contributed by atoms with Crippen LogP contribution in [0, 0.1) is 31.6 Å². The van der Waals surface area contributed by atoms with Crippen LogP contribution < -0.4 is 0 Å². The zero-order valence-corrected chi connectivity index (χ0v) is 11.4. The monoisotopic (exact) mass is 242 g/mol. The minimum atomic E-state index is 0.393. The number of carbonyl (C=O) groups is 1. The first-order valence-electron chi connectivity index (χ1n) is 7.24. The molecule has 0 atom stereocenters. The van der Waals surface area contributed by atoms with Crippen LogP contribution in [0.5, 0.6) is 0 Å². The second-order valence-corrected chi connectivity index (χ2v) is 6.27. The zero-order chi connectivity index (χ0) is 12.7. The topological polar surface area (TPSA) is 17.1 Å². The molecule has 0 N–H and O–H groups in total. The summed E-state index contributed by atoms with van der Waals surface area (Å²) in [6.07, 6.45) is 5.82. The van der Waals surface area contributed by atoms with Crippen molar-refractivity contribution in [3.63, 3.8) is 0 Å². The maximum absolute atomic E-state index is 12.5. The Labute approximate surface area is 110 Å². The molecule has 96 valence electrons. The number of hydrogen-bond acceptors (Lipinski definition) is 1. The van der Waals surface area contributed by atoms with Crippen molar-refractivity contribution < 1.29 is 4.79 Å². The molecule has 0 heterocycles. The molecule has 18 heavy (non-hydrogen) atoms. The number of rotatable bonds is 5. The van der Waals surface area contributed by atoms with Crippen LogP contribution in [0.15, 0.2) is 18.2 Å². The lowest BCUT2D eigenvalue weighted by atomic mass is 9.88. The average Bonchev–Trinajstić information content (AvgIpc) is 3.17. The fourth-order valence-electron chi connectivity index (χ4n) is 3.12. The van der Waals surface area contributed by atoms with Gasteiger partial charge in [0.1, 0.15) is 5.78 Å². The summed E-state index contributed by atoms with van der Waals surface area (Å²) < 4.78 is 0. The summed E-state index contributed by atoms with van der Waals surface area (Å²) in [5, 5.41) is 0. The van der Waals surface area contributed by atoms with Crippen molar-refractivity contribution >= 4 is 5.78 Å². The van der Waals surface area contributed by atoms with E-state index < -0.39 is 0 Å². The van der Waals surface area contributed by atoms with Crippen LogP contribution in [-0.2, 0) is 11.2 Å². The highest BCUT2D eigenvalue weighted by Gasteiger charge is 2.44. The summed E-state index contributed by atoms with van der Waals surface area (Å²) in [6, 6.07) is 6.45. The predicted molar refractivity (Wildman–Crippen MR) is 73.6 cm³/mol. The minimum Gasteiger partial charge on any atom is -0.299 e. The van der Waals surface area contributed by atoms with Crippen LogP contribution in [0.3, 0.4) is 0 Å². The lowest BCUT2D eigenvalue weighted by molar-refractivity contribution is -0.123. The quantitative estimate of drug-likeness (QED) is 0.766. The number of Topliss-reactive ketones (excluding diaryl/α,β-unsaturated/α-hetero) is 1. The van der Waals surface area contributed by atoms with Crippen molar-refractivity contribution in [2.45, 2.75) is 46.0 Å². The zero-order valence-electron chi connectivity index (χ0n) is 11.4. The minimum absolute atomic E-state index is 0.393. The van der Waals surface area contributed by atoms with Gasteiger partial charge in [-0.15, -0.1) is 0 Å². The molecule has 1 heteroatoms. The third-order valence-electron chi connectivity index (χ3n) is 4.50. The molecule has 2 aliphatic rings. The van der Waals surface area contributed by atoms with Gasteiger partial charge in [-0.2, -0.15) is 0 Å². The van der Waals surface area contributed by atoms with Gasteiger partial charge >= 0.3 is 0 Å². The molecule has 0 aliphatic heterocycles. The molecule has 1 nitrogen and oxygen atoms in total. The number of benzene rings is 1. The molecule has 0 unspecified atom stereocenters. The number of hydrogen-bond donors (Lipinski definition) is 0. The maximum Gasteiger partial charge on any atom is 0.140 e. The van der Waals surface area contributed by atoms with Crippen molar-refractivity contribution in [1.29, 1.82) is 0 Å². The predicted octanol–water partition coefficient (Wildman–Crippen LogP) is 3.85. The highest BCUT2D eigenvalue weighted by atomic mass is 16.1. The van der Waals surface area contributed by atoms with Gasteiger partial charge in [0.2, 0.25) is 0 Å². The Morgan fingerprint density at radius 1 is 1.17 bits per heavy atom. The van der Waals surface area contributed by atoms with Gasteiger partial charge < -0.3 is 0 Å². The lowest BCUT2D eigenvalue weighted by Crippen LogP contribution is -2.21. The van der Waals surface area contributed by atoms with Crippen LogP contribution in [-0.4, -0.2) is 5.78 Å². The summed E-state index contributed by atoms with van der Waals surface area (Å²) in [5.74, 6) is 2.36. The fourth-order valence-corrected chi connectivity index (χ4v) is 3.12. The van der Waals surface area contributed by atoms with E-state index in [1.807, 2.05) is 0 Å². The Bertz CT molecular complexity index is 454. The van der Waals surface area contributed by atoms with Gasteiger partial charge in [0.25, 0.3) is 0 Å². The van der Waals surface area contributed by atoms with Gasteiger partial charge in [0, 0.05) is 12.3 Å². The van der Waals surface area contributed by atoms with Crippen LogP contribution >= 0.6 is 0 Å². The molecule has 3 rings (SSSR count). The Hall–Kier alpha value is -1.11. The average molecular weight is 242 g/mol. The maximum atomic E-state index is 12.5. The van der Waals surface area contributed by atoms with Gasteiger partial charge in [0.05, 0.1) is 0 Å². The molecule has 2 aliphatic carbocycles. The summed E-state index contributed by atoms with van der Waals surface area (Å²) in [6.45, 7) is 4.22. The fraction of sp³-hybridized carbons (Fsp3) is 0.588. The van der Waals surface area contributed by atoms with E-state index >= 15 is 0 Å². The Morgan fingerprint density at radius 3 is 2.33 bits per heavy atom. The second kappa shape index (κ2) is 4.53. The number of aryl methyl sites for hydroxylation is 2. The van der Waals surface area contributed by atoms with Crippen molar-refractivity contribution in [2.24, 2.45) is 17.8 Å². The van der Waals surface area contributed by atoms with Crippen LogP contribution in [0.4, 0.5) is 0 Å². The molecule has 2 saturated carbocycles. The van der Waals surface area contributed by atoms with E-state index in [1.54, 1.807) is 0 Å². The lowest BCUT2D eigenvalue weighted by Gasteiger charge is -2.15. The Morgan fingerprint density at radius 2 is 1.78 bits per heavy atom. The first-order chi connectivity index (χ1) is 8.65. The first kappa shape index (κ1) is 12.0. The smallest absolute Gasteiger partial charge is 0.140 e. The van der Waals surface area contributed by atoms with E-state index in [9.17, 15) is 4.79 Å². The molecule has 0 amide bonds. The summed E-state index contributed by atoms with van der Waals surface area (Å²) >= 11 is 0. The van der Waals surface area contributed by atoms with E-state index in [0.717, 1.165) is 11.8 Å². The van der Waals surface area contributed by atoms with E-state index in [1.165, 1.54) is 42.4 Å². The normalized spacial score (nSPS) is 19.3. The second-order valence-electron chi connectivity index (χ2n) is 6.27. The van der Waals surface area contributed by atoms with E-state index in [0.29, 0.717) is 18.1 Å². The molecular weight excluding hydrogens is 220 g/mol. The van der Waals surface area contributed by atoms with Crippen LogP contribution in [0.1, 0.15) is 42.4 Å². The third kappa shape index (κ3) is 2.50. The number of ketones is 1. The Kier molecular flexibility index (Phi) is 3.01. The molecule has 0 radical (unpaired) electrons. The molecule has 0 bridgehead atoms. The summed E-state index contributed by atoms with van der Waals surface area (Å²) in [4.78, 5) is 12.5. The summed E-state index contributed by atoms with van der Waals surface area (Å²) in [7, 11) is 0. The van der Waals surface area contributed by atoms with E-state index in [-0.39, 0.29) is 0 Å². The molecule has 1 aromatic carbocycles. The van der Waals surface area contributed by atoms with E-state index in [4.69, 9.17) is 0 Å². The highest BCUT2D eigenvalue weighted by molar-refractivity contribution is 5.84. The molecule has 1 aromatic rings. The van der Waals surface area contributed by atoms with Crippen LogP contribution in [0.25, 0.3) is 0 Å². The van der Waals surface area contributed by atoms with Gasteiger partial charge in [-0.1, -0.05) is 23.8 Å². The van der Waals surface area contributed by atoms with E-state index in [2.05, 4.69) is 32.0 Å². The summed E-state index contributed by atoms with van der Waals surface area (Å²) in [5.41, 5.74) is 3.77. The molecule has 0 aromatic heterocycles. The molecule has 0 spiro atoms. The standard InChI is InChI=1S/C17H22O/c1-11-3-4-12(2)15(9-11)10-16(18)17(13-5-6-13)14-7-8-14/h3-4,9,13-14,17H,5-8,10H2,1-2H3. The van der Waals surface area contributed by atoms with Crippen molar-refractivity contribution in [2.75, 3.05) is 0 Å². The van der Waals surface area contributed by atoms with Crippen molar-refractivity contribution in [1.82, 2.24) is 0 Å². The van der Waals surface area contributed by atoms with Crippen LogP contribution in [0.2, 0.25) is 0 Å². The van der Waals surface area contributed by atoms with Crippen molar-refractivity contribution in [3.8, 4) is 0 Å². The van der Waals surface area contributed by atoms with Crippen molar-refractivity contribution in [3.05, 3.63) is 34.9 Å². The SMILES string of the molecule is Cc1ccc(C)c(CC(=O)C(C2CC2)C2CC2)c1. The van der Waals surface area contributed by atoms with Gasteiger partial charge in [-0.05, 0) is 62.5 Å². The van der Waals surface area contributed by atoms with Gasteiger partial charge in [-0.25, -0.2) is 0 Å². The third-order valence-corrected chi connectivity index (χ3v) is 4.50. The molecular formula is C17H22O. The van der Waals surface area contributed by atoms with Gasteiger partial charge in [-0.3, -0.25) is 4.79 Å².